The summed E-state index contributed by atoms with van der Waals surface area (Å²) in [5.74, 6) is -0.660. The van der Waals surface area contributed by atoms with Crippen molar-refractivity contribution in [2.75, 3.05) is 12.3 Å². The van der Waals surface area contributed by atoms with E-state index in [4.69, 9.17) is 11.0 Å². The maximum atomic E-state index is 13.7. The summed E-state index contributed by atoms with van der Waals surface area (Å²) in [6.07, 6.45) is 0.0707. The molecule has 0 radical (unpaired) electrons. The largest absolute Gasteiger partial charge is 0.399 e. The molecule has 0 aromatic heterocycles. The summed E-state index contributed by atoms with van der Waals surface area (Å²) < 4.78 is 40.0. The van der Waals surface area contributed by atoms with Gasteiger partial charge in [-0.3, -0.25) is 0 Å². The number of nitrogens with two attached hydrogens (primary N) is 1. The first-order chi connectivity index (χ1) is 9.21. The van der Waals surface area contributed by atoms with Crippen LogP contribution in [-0.4, -0.2) is 25.3 Å². The van der Waals surface area contributed by atoms with Crippen LogP contribution in [0.1, 0.15) is 25.8 Å². The summed E-state index contributed by atoms with van der Waals surface area (Å²) in [5, 5.41) is 8.62. The Morgan fingerprint density at radius 3 is 2.55 bits per heavy atom. The molecule has 0 amide bonds. The smallest absolute Gasteiger partial charge is 0.243 e. The van der Waals surface area contributed by atoms with Gasteiger partial charge < -0.3 is 5.73 Å². The summed E-state index contributed by atoms with van der Waals surface area (Å²) in [6, 6.07) is 3.91. The van der Waals surface area contributed by atoms with Gasteiger partial charge in [0.05, 0.1) is 11.0 Å². The van der Waals surface area contributed by atoms with Crippen molar-refractivity contribution in [3.05, 3.63) is 23.5 Å². The monoisotopic (exact) mass is 299 g/mol. The van der Waals surface area contributed by atoms with E-state index < -0.39 is 15.8 Å². The lowest BCUT2D eigenvalue weighted by molar-refractivity contribution is 0.360. The van der Waals surface area contributed by atoms with Crippen molar-refractivity contribution in [1.29, 1.82) is 5.26 Å². The van der Waals surface area contributed by atoms with E-state index >= 15 is 0 Å². The van der Waals surface area contributed by atoms with Crippen molar-refractivity contribution in [3.63, 3.8) is 0 Å². The molecular formula is C13H18FN3O2S. The van der Waals surface area contributed by atoms with Crippen LogP contribution in [0.25, 0.3) is 0 Å². The highest BCUT2D eigenvalue weighted by atomic mass is 32.2. The van der Waals surface area contributed by atoms with Crippen LogP contribution < -0.4 is 5.73 Å². The number of hydrogen-bond donors (Lipinski definition) is 1. The molecule has 0 bridgehead atoms. The van der Waals surface area contributed by atoms with Gasteiger partial charge in [-0.05, 0) is 32.9 Å². The van der Waals surface area contributed by atoms with Gasteiger partial charge in [0.2, 0.25) is 10.0 Å². The number of halogens is 1. The number of anilines is 1. The SMILES string of the molecule is Cc1c(F)cc(N)cc1S(=O)(=O)N(CCC#N)C(C)C. The van der Waals surface area contributed by atoms with E-state index in [1.165, 1.54) is 17.3 Å². The molecule has 2 N–H and O–H groups in total. The number of nitrogen functional groups attached to an aromatic ring is 1. The Bertz CT molecular complexity index is 636. The first kappa shape index (κ1) is 16.4. The predicted molar refractivity (Wildman–Crippen MR) is 74.8 cm³/mol. The van der Waals surface area contributed by atoms with Crippen molar-refractivity contribution < 1.29 is 12.8 Å². The molecule has 1 aromatic carbocycles. The van der Waals surface area contributed by atoms with Crippen LogP contribution >= 0.6 is 0 Å². The molecule has 1 aromatic rings. The Morgan fingerprint density at radius 1 is 1.45 bits per heavy atom. The van der Waals surface area contributed by atoms with Crippen LogP contribution in [-0.2, 0) is 10.0 Å². The summed E-state index contributed by atoms with van der Waals surface area (Å²) in [7, 11) is -3.89. The molecule has 5 nitrogen and oxygen atoms in total. The molecule has 7 heteroatoms. The molecule has 0 aliphatic carbocycles. The van der Waals surface area contributed by atoms with E-state index in [-0.39, 0.29) is 35.2 Å². The minimum atomic E-state index is -3.89. The maximum Gasteiger partial charge on any atom is 0.243 e. The molecule has 110 valence electrons. The van der Waals surface area contributed by atoms with Crippen molar-refractivity contribution >= 4 is 15.7 Å². The molecule has 0 aliphatic heterocycles. The standard InChI is InChI=1S/C13H18FN3O2S/c1-9(2)17(6-4-5-15)20(18,19)13-8-11(16)7-12(14)10(13)3/h7-9H,4,6,16H2,1-3H3. The van der Waals surface area contributed by atoms with Crippen LogP contribution in [0.3, 0.4) is 0 Å². The van der Waals surface area contributed by atoms with Gasteiger partial charge >= 0.3 is 0 Å². The third kappa shape index (κ3) is 3.26. The van der Waals surface area contributed by atoms with Gasteiger partial charge in [0.25, 0.3) is 0 Å². The van der Waals surface area contributed by atoms with Gasteiger partial charge in [0, 0.05) is 30.3 Å². The lowest BCUT2D eigenvalue weighted by Gasteiger charge is -2.26. The van der Waals surface area contributed by atoms with Crippen molar-refractivity contribution in [1.82, 2.24) is 4.31 Å². The fraction of sp³-hybridized carbons (Fsp3) is 0.462. The lowest BCUT2D eigenvalue weighted by atomic mass is 10.2. The van der Waals surface area contributed by atoms with Gasteiger partial charge in [-0.1, -0.05) is 0 Å². The van der Waals surface area contributed by atoms with E-state index in [2.05, 4.69) is 0 Å². The normalized spacial score (nSPS) is 11.8. The zero-order chi connectivity index (χ0) is 15.5. The Balaban J connectivity index is 3.38. The predicted octanol–water partition coefficient (Wildman–Crippen LogP) is 2.03. The molecule has 0 aliphatic rings. The van der Waals surface area contributed by atoms with Gasteiger partial charge in [-0.25, -0.2) is 12.8 Å². The molecule has 0 spiro atoms. The fourth-order valence-electron chi connectivity index (χ4n) is 1.88. The van der Waals surface area contributed by atoms with E-state index in [1.807, 2.05) is 6.07 Å². The van der Waals surface area contributed by atoms with Crippen molar-refractivity contribution in [3.8, 4) is 6.07 Å². The second kappa shape index (κ2) is 6.20. The molecule has 0 fully saturated rings. The molecule has 0 saturated heterocycles. The number of rotatable bonds is 5. The van der Waals surface area contributed by atoms with Crippen molar-refractivity contribution in [2.24, 2.45) is 0 Å². The highest BCUT2D eigenvalue weighted by Gasteiger charge is 2.29. The second-order valence-corrected chi connectivity index (χ2v) is 6.60. The fourth-order valence-corrected chi connectivity index (χ4v) is 3.79. The minimum Gasteiger partial charge on any atom is -0.399 e. The molecule has 20 heavy (non-hydrogen) atoms. The number of nitriles is 1. The first-order valence-corrected chi connectivity index (χ1v) is 7.60. The average molecular weight is 299 g/mol. The molecule has 0 atom stereocenters. The second-order valence-electron chi connectivity index (χ2n) is 4.74. The van der Waals surface area contributed by atoms with Crippen LogP contribution in [0, 0.1) is 24.1 Å². The molecular weight excluding hydrogens is 281 g/mol. The van der Waals surface area contributed by atoms with E-state index in [0.717, 1.165) is 6.07 Å². The van der Waals surface area contributed by atoms with E-state index in [1.54, 1.807) is 13.8 Å². The van der Waals surface area contributed by atoms with Gasteiger partial charge in [-0.2, -0.15) is 9.57 Å². The van der Waals surface area contributed by atoms with Crippen LogP contribution in [0.4, 0.5) is 10.1 Å². The summed E-state index contributed by atoms with van der Waals surface area (Å²) >= 11 is 0. The highest BCUT2D eigenvalue weighted by molar-refractivity contribution is 7.89. The van der Waals surface area contributed by atoms with E-state index in [9.17, 15) is 12.8 Å². The Hall–Kier alpha value is -1.65. The van der Waals surface area contributed by atoms with Gasteiger partial charge in [0.1, 0.15) is 5.82 Å². The van der Waals surface area contributed by atoms with E-state index in [0.29, 0.717) is 0 Å². The number of benzene rings is 1. The van der Waals surface area contributed by atoms with Crippen LogP contribution in [0.5, 0.6) is 0 Å². The Morgan fingerprint density at radius 2 is 2.05 bits per heavy atom. The Labute approximate surface area is 118 Å². The third-order valence-corrected chi connectivity index (χ3v) is 5.13. The first-order valence-electron chi connectivity index (χ1n) is 6.16. The van der Waals surface area contributed by atoms with Gasteiger partial charge in [-0.15, -0.1) is 0 Å². The maximum absolute atomic E-state index is 13.7. The number of sulfonamides is 1. The zero-order valence-corrected chi connectivity index (χ0v) is 12.5. The topological polar surface area (TPSA) is 87.2 Å². The minimum absolute atomic E-state index is 0.0295. The summed E-state index contributed by atoms with van der Waals surface area (Å²) in [4.78, 5) is -0.151. The molecule has 0 unspecified atom stereocenters. The molecule has 0 heterocycles. The number of nitrogens with zero attached hydrogens (tertiary/aromatic N) is 2. The lowest BCUT2D eigenvalue weighted by Crippen LogP contribution is -2.38. The quantitative estimate of drug-likeness (QED) is 0.843. The average Bonchev–Trinajstić information content (AvgIpc) is 2.33. The zero-order valence-electron chi connectivity index (χ0n) is 11.7. The van der Waals surface area contributed by atoms with Gasteiger partial charge in [0.15, 0.2) is 0 Å². The van der Waals surface area contributed by atoms with Crippen molar-refractivity contribution in [2.45, 2.75) is 38.1 Å². The molecule has 0 saturated carbocycles. The summed E-state index contributed by atoms with van der Waals surface area (Å²) in [6.45, 7) is 4.86. The van der Waals surface area contributed by atoms with Crippen LogP contribution in [0.15, 0.2) is 17.0 Å². The van der Waals surface area contributed by atoms with Crippen LogP contribution in [0.2, 0.25) is 0 Å². The number of hydrogen-bond acceptors (Lipinski definition) is 4. The Kier molecular flexibility index (Phi) is 5.09. The highest BCUT2D eigenvalue weighted by Crippen LogP contribution is 2.26. The third-order valence-electron chi connectivity index (χ3n) is 2.93. The molecule has 1 rings (SSSR count). The summed E-state index contributed by atoms with van der Waals surface area (Å²) in [5.41, 5.74) is 5.61.